The molecule has 53 heavy (non-hydrogen) atoms. The summed E-state index contributed by atoms with van der Waals surface area (Å²) in [6, 6.07) is 72.4. The van der Waals surface area contributed by atoms with Crippen LogP contribution in [0.3, 0.4) is 0 Å². The fourth-order valence-electron chi connectivity index (χ4n) is 9.06. The molecule has 0 fully saturated rings. The van der Waals surface area contributed by atoms with Gasteiger partial charge in [0.2, 0.25) is 0 Å². The van der Waals surface area contributed by atoms with Gasteiger partial charge in [0.05, 0.1) is 5.69 Å². The van der Waals surface area contributed by atoms with Gasteiger partial charge in [0.25, 0.3) is 0 Å². The highest BCUT2D eigenvalue weighted by Gasteiger charge is 2.55. The van der Waals surface area contributed by atoms with Crippen LogP contribution in [0.2, 0.25) is 0 Å². The van der Waals surface area contributed by atoms with E-state index in [0.717, 1.165) is 33.8 Å². The lowest BCUT2D eigenvalue weighted by molar-refractivity contribution is 0.507. The van der Waals surface area contributed by atoms with Gasteiger partial charge in [-0.2, -0.15) is 0 Å². The Bertz CT molecular complexity index is 2830. The minimum Gasteiger partial charge on any atom is -0.459 e. The molecule has 0 amide bonds. The van der Waals surface area contributed by atoms with E-state index in [1.807, 2.05) is 0 Å². The molecule has 9 aromatic rings. The Morgan fingerprint density at radius 3 is 1.70 bits per heavy atom. The average Bonchev–Trinajstić information content (AvgIpc) is 3.86. The van der Waals surface area contributed by atoms with Crippen molar-refractivity contribution in [2.45, 2.75) is 5.41 Å². The molecule has 1 aromatic heterocycles. The van der Waals surface area contributed by atoms with Crippen molar-refractivity contribution in [3.05, 3.63) is 223 Å². The lowest BCUT2D eigenvalue weighted by Crippen LogP contribution is -2.25. The van der Waals surface area contributed by atoms with E-state index < -0.39 is 5.41 Å². The summed E-state index contributed by atoms with van der Waals surface area (Å²) in [7, 11) is 0. The number of fused-ring (bicyclic) bond motifs is 12. The highest BCUT2D eigenvalue weighted by atomic mass is 16.3. The van der Waals surface area contributed by atoms with E-state index in [9.17, 15) is 0 Å². The molecule has 2 heteroatoms. The van der Waals surface area contributed by atoms with Crippen molar-refractivity contribution in [3.8, 4) is 44.5 Å². The Morgan fingerprint density at radius 1 is 0.377 bits per heavy atom. The fraction of sp³-hybridized carbons (Fsp3) is 0.0196. The molecule has 2 aliphatic rings. The van der Waals surface area contributed by atoms with Crippen LogP contribution in [-0.4, -0.2) is 0 Å². The summed E-state index contributed by atoms with van der Waals surface area (Å²) < 4.78 is 6.96. The van der Waals surface area contributed by atoms with E-state index in [1.165, 1.54) is 61.2 Å². The molecule has 0 radical (unpaired) electrons. The summed E-state index contributed by atoms with van der Waals surface area (Å²) in [6.07, 6.45) is 0. The first kappa shape index (κ1) is 29.8. The van der Waals surface area contributed by atoms with E-state index in [0.29, 0.717) is 0 Å². The average molecular weight is 676 g/mol. The van der Waals surface area contributed by atoms with Crippen LogP contribution in [0.4, 0.5) is 17.1 Å². The standard InChI is InChI=1S/C51H33NO/c1-3-15-34(16-4-1)35-27-29-37(30-28-35)52(47-25-13-9-19-39(47)36-17-5-2-6-18-36)38-31-32-46-43(33-38)40-20-7-11-23-44(40)51(46)45-24-12-8-21-41(45)49-42-22-10-14-26-48(42)53-50(49)51/h1-33H. The first-order chi connectivity index (χ1) is 26.3. The zero-order valence-electron chi connectivity index (χ0n) is 28.9. The van der Waals surface area contributed by atoms with Crippen LogP contribution >= 0.6 is 0 Å². The van der Waals surface area contributed by atoms with Crippen LogP contribution in [0, 0.1) is 0 Å². The van der Waals surface area contributed by atoms with Gasteiger partial charge in [-0.25, -0.2) is 0 Å². The molecule has 0 N–H and O–H groups in total. The van der Waals surface area contributed by atoms with Gasteiger partial charge in [0.15, 0.2) is 0 Å². The highest BCUT2D eigenvalue weighted by Crippen LogP contribution is 2.65. The van der Waals surface area contributed by atoms with Crippen molar-refractivity contribution in [2.24, 2.45) is 0 Å². The van der Waals surface area contributed by atoms with E-state index in [2.05, 4.69) is 205 Å². The molecular weight excluding hydrogens is 643 g/mol. The Hall–Kier alpha value is -6.90. The minimum absolute atomic E-state index is 0.556. The Morgan fingerprint density at radius 2 is 0.925 bits per heavy atom. The van der Waals surface area contributed by atoms with Crippen molar-refractivity contribution in [1.82, 2.24) is 0 Å². The zero-order chi connectivity index (χ0) is 34.9. The highest BCUT2D eigenvalue weighted by molar-refractivity contribution is 6.05. The van der Waals surface area contributed by atoms with E-state index in [4.69, 9.17) is 4.42 Å². The van der Waals surface area contributed by atoms with Crippen LogP contribution in [-0.2, 0) is 5.41 Å². The van der Waals surface area contributed by atoms with Crippen molar-refractivity contribution in [2.75, 3.05) is 4.90 Å². The van der Waals surface area contributed by atoms with Crippen molar-refractivity contribution < 1.29 is 4.42 Å². The van der Waals surface area contributed by atoms with Crippen LogP contribution in [0.5, 0.6) is 0 Å². The van der Waals surface area contributed by atoms with Gasteiger partial charge in [-0.15, -0.1) is 0 Å². The van der Waals surface area contributed by atoms with Gasteiger partial charge in [-0.1, -0.05) is 164 Å². The van der Waals surface area contributed by atoms with E-state index >= 15 is 0 Å². The molecule has 11 rings (SSSR count). The number of anilines is 3. The van der Waals surface area contributed by atoms with Crippen molar-refractivity contribution in [1.29, 1.82) is 0 Å². The van der Waals surface area contributed by atoms with Gasteiger partial charge in [0.1, 0.15) is 16.8 Å². The second-order valence-electron chi connectivity index (χ2n) is 14.0. The predicted octanol–water partition coefficient (Wildman–Crippen LogP) is 13.6. The molecule has 8 aromatic carbocycles. The Balaban J connectivity index is 1.16. The molecule has 0 bridgehead atoms. The Kier molecular flexibility index (Phi) is 6.50. The lowest BCUT2D eigenvalue weighted by Gasteiger charge is -2.30. The molecular formula is C51H33NO. The lowest BCUT2D eigenvalue weighted by atomic mass is 9.73. The van der Waals surface area contributed by atoms with Gasteiger partial charge in [-0.05, 0) is 86.5 Å². The number of benzene rings is 8. The van der Waals surface area contributed by atoms with E-state index in [-0.39, 0.29) is 0 Å². The molecule has 2 aliphatic carbocycles. The number of para-hydroxylation sites is 2. The van der Waals surface area contributed by atoms with Crippen LogP contribution in [0.25, 0.3) is 55.5 Å². The maximum absolute atomic E-state index is 6.96. The SMILES string of the molecule is c1ccc(-c2ccc(N(c3ccc4c(c3)-c3ccccc3C43c4ccccc4-c4c3oc3ccccc43)c3ccccc3-c3ccccc3)cc2)cc1. The molecule has 0 aliphatic heterocycles. The quantitative estimate of drug-likeness (QED) is 0.181. The number of furan rings is 1. The number of hydrogen-bond donors (Lipinski definition) is 0. The normalized spacial score (nSPS) is 14.9. The maximum Gasteiger partial charge on any atom is 0.135 e. The summed E-state index contributed by atoms with van der Waals surface area (Å²) in [5, 5.41) is 1.16. The summed E-state index contributed by atoms with van der Waals surface area (Å²) in [4.78, 5) is 2.42. The topological polar surface area (TPSA) is 16.4 Å². The van der Waals surface area contributed by atoms with Gasteiger partial charge in [0, 0.05) is 27.9 Å². The van der Waals surface area contributed by atoms with Crippen molar-refractivity contribution >= 4 is 28.0 Å². The largest absolute Gasteiger partial charge is 0.459 e. The molecule has 1 unspecified atom stereocenters. The molecule has 1 heterocycles. The molecule has 2 nitrogen and oxygen atoms in total. The first-order valence-corrected chi connectivity index (χ1v) is 18.3. The first-order valence-electron chi connectivity index (χ1n) is 18.3. The van der Waals surface area contributed by atoms with Crippen LogP contribution < -0.4 is 4.90 Å². The van der Waals surface area contributed by atoms with Gasteiger partial charge in [-0.3, -0.25) is 0 Å². The van der Waals surface area contributed by atoms with Gasteiger partial charge >= 0.3 is 0 Å². The zero-order valence-corrected chi connectivity index (χ0v) is 28.9. The smallest absolute Gasteiger partial charge is 0.135 e. The minimum atomic E-state index is -0.556. The van der Waals surface area contributed by atoms with Crippen LogP contribution in [0.15, 0.2) is 205 Å². The molecule has 0 saturated carbocycles. The number of hydrogen-bond acceptors (Lipinski definition) is 2. The molecule has 0 saturated heterocycles. The predicted molar refractivity (Wildman–Crippen MR) is 218 cm³/mol. The third-order valence-corrected chi connectivity index (χ3v) is 11.3. The van der Waals surface area contributed by atoms with E-state index in [1.54, 1.807) is 0 Å². The monoisotopic (exact) mass is 675 g/mol. The third-order valence-electron chi connectivity index (χ3n) is 11.3. The van der Waals surface area contributed by atoms with Crippen molar-refractivity contribution in [3.63, 3.8) is 0 Å². The number of rotatable bonds is 5. The Labute approximate surface area is 308 Å². The maximum atomic E-state index is 6.96. The molecule has 1 atom stereocenters. The number of nitrogens with zero attached hydrogens (tertiary/aromatic N) is 1. The second kappa shape index (κ2) is 11.6. The summed E-state index contributed by atoms with van der Waals surface area (Å²) in [5.74, 6) is 1.02. The summed E-state index contributed by atoms with van der Waals surface area (Å²) in [6.45, 7) is 0. The molecule has 248 valence electrons. The molecule has 1 spiro atoms. The van der Waals surface area contributed by atoms with Crippen LogP contribution in [0.1, 0.15) is 22.5 Å². The van der Waals surface area contributed by atoms with Gasteiger partial charge < -0.3 is 9.32 Å². The fourth-order valence-corrected chi connectivity index (χ4v) is 9.06. The third kappa shape index (κ3) is 4.27. The summed E-state index contributed by atoms with van der Waals surface area (Å²) in [5.41, 5.74) is 17.2. The second-order valence-corrected chi connectivity index (χ2v) is 14.0. The summed E-state index contributed by atoms with van der Waals surface area (Å²) >= 11 is 0.